The number of carbonyl (C=O) groups excluding carboxylic acids is 1. The van der Waals surface area contributed by atoms with Crippen LogP contribution in [0.1, 0.15) is 18.5 Å². The number of benzene rings is 1. The molecule has 0 aliphatic carbocycles. The van der Waals surface area contributed by atoms with Crippen molar-refractivity contribution < 1.29 is 14.1 Å². The van der Waals surface area contributed by atoms with Gasteiger partial charge in [0.1, 0.15) is 6.04 Å². The van der Waals surface area contributed by atoms with Crippen molar-refractivity contribution in [2.45, 2.75) is 13.0 Å². The molecule has 3 N–H and O–H groups in total. The summed E-state index contributed by atoms with van der Waals surface area (Å²) in [6.07, 6.45) is 1.50. The molecular weight excluding hydrogens is 352 g/mol. The van der Waals surface area contributed by atoms with E-state index in [-0.39, 0.29) is 11.3 Å². The van der Waals surface area contributed by atoms with E-state index in [9.17, 15) is 14.9 Å². The van der Waals surface area contributed by atoms with Gasteiger partial charge in [0.2, 0.25) is 17.7 Å². The summed E-state index contributed by atoms with van der Waals surface area (Å²) in [7, 11) is 0. The van der Waals surface area contributed by atoms with Gasteiger partial charge in [0.25, 0.3) is 5.69 Å². The first kappa shape index (κ1) is 16.5. The lowest BCUT2D eigenvalue weighted by atomic mass is 9.95. The normalized spacial score (nSPS) is 16.0. The van der Waals surface area contributed by atoms with Crippen LogP contribution >= 0.6 is 0 Å². The quantitative estimate of drug-likeness (QED) is 0.532. The van der Waals surface area contributed by atoms with Crippen molar-refractivity contribution in [1.29, 1.82) is 0 Å². The van der Waals surface area contributed by atoms with Gasteiger partial charge in [-0.15, -0.1) is 5.10 Å². The molecule has 0 saturated carbocycles. The largest absolute Gasteiger partial charge is 0.461 e. The molecule has 3 heterocycles. The maximum Gasteiger partial charge on any atom is 0.269 e. The third-order valence-corrected chi connectivity index (χ3v) is 4.26. The molecule has 2 aromatic heterocycles. The second-order valence-electron chi connectivity index (χ2n) is 5.96. The van der Waals surface area contributed by atoms with Crippen molar-refractivity contribution in [3.8, 4) is 11.6 Å². The summed E-state index contributed by atoms with van der Waals surface area (Å²) in [4.78, 5) is 27.2. The van der Waals surface area contributed by atoms with E-state index in [1.54, 1.807) is 31.2 Å². The van der Waals surface area contributed by atoms with Crippen LogP contribution in [0.3, 0.4) is 0 Å². The maximum atomic E-state index is 12.1. The zero-order valence-electron chi connectivity index (χ0n) is 14.1. The smallest absolute Gasteiger partial charge is 0.269 e. The number of carbonyl (C=O) groups is 1. The Bertz CT molecular complexity index is 1080. The lowest BCUT2D eigenvalue weighted by molar-refractivity contribution is -0.384. The highest BCUT2D eigenvalue weighted by atomic mass is 16.6. The van der Waals surface area contributed by atoms with Crippen molar-refractivity contribution in [3.63, 3.8) is 0 Å². The number of nitrogens with one attached hydrogen (secondary N) is 1. The zero-order valence-corrected chi connectivity index (χ0v) is 14.1. The number of nitro benzene ring substituents is 1. The number of furan rings is 1. The predicted octanol–water partition coefficient (Wildman–Crippen LogP) is 2.22. The molecule has 1 aromatic carbocycles. The Morgan fingerprint density at radius 3 is 2.85 bits per heavy atom. The number of hydrogen-bond acceptors (Lipinski definition) is 7. The molecular formula is C17H14N6O4. The summed E-state index contributed by atoms with van der Waals surface area (Å²) in [6, 6.07) is 8.66. The number of nitrogens with zero attached hydrogens (tertiary/aromatic N) is 4. The summed E-state index contributed by atoms with van der Waals surface area (Å²) in [6.45, 7) is 1.69. The molecule has 10 nitrogen and oxygen atoms in total. The van der Waals surface area contributed by atoms with Crippen molar-refractivity contribution in [2.75, 3.05) is 5.32 Å². The van der Waals surface area contributed by atoms with Gasteiger partial charge in [-0.2, -0.15) is 4.98 Å². The summed E-state index contributed by atoms with van der Waals surface area (Å²) < 4.78 is 6.81. The topological polar surface area (TPSA) is 142 Å². The number of rotatable bonds is 4. The minimum Gasteiger partial charge on any atom is -0.461 e. The van der Waals surface area contributed by atoms with Gasteiger partial charge >= 0.3 is 0 Å². The predicted molar refractivity (Wildman–Crippen MR) is 94.5 cm³/mol. The Morgan fingerprint density at radius 1 is 1.37 bits per heavy atom. The van der Waals surface area contributed by atoms with Crippen LogP contribution in [0.25, 0.3) is 11.6 Å². The first-order chi connectivity index (χ1) is 13.0. The number of hydrogen-bond donors (Lipinski definition) is 2. The van der Waals surface area contributed by atoms with Gasteiger partial charge in [-0.1, -0.05) is 12.1 Å². The van der Waals surface area contributed by atoms with Gasteiger partial charge in [-0.25, -0.2) is 4.68 Å². The Hall–Kier alpha value is -3.95. The first-order valence-corrected chi connectivity index (χ1v) is 7.98. The number of non-ortho nitro benzene ring substituents is 1. The van der Waals surface area contributed by atoms with E-state index < -0.39 is 16.9 Å². The fourth-order valence-corrected chi connectivity index (χ4v) is 3.10. The number of amides is 1. The molecule has 4 rings (SSSR count). The monoisotopic (exact) mass is 366 g/mol. The number of aromatic nitrogens is 3. The third-order valence-electron chi connectivity index (χ3n) is 4.26. The van der Waals surface area contributed by atoms with Gasteiger partial charge in [0.15, 0.2) is 5.76 Å². The Morgan fingerprint density at radius 2 is 2.19 bits per heavy atom. The number of nitro groups is 1. The molecule has 136 valence electrons. The van der Waals surface area contributed by atoms with Crippen LogP contribution in [-0.4, -0.2) is 25.6 Å². The van der Waals surface area contributed by atoms with E-state index in [1.807, 2.05) is 0 Å². The number of allylic oxidation sites excluding steroid dienone is 1. The summed E-state index contributed by atoms with van der Waals surface area (Å²) in [5.41, 5.74) is 6.74. The maximum absolute atomic E-state index is 12.1. The van der Waals surface area contributed by atoms with E-state index in [4.69, 9.17) is 10.2 Å². The molecule has 0 radical (unpaired) electrons. The van der Waals surface area contributed by atoms with Crippen LogP contribution in [0.5, 0.6) is 0 Å². The Kier molecular flexibility index (Phi) is 3.73. The highest BCUT2D eigenvalue weighted by Gasteiger charge is 2.34. The molecule has 1 aliphatic rings. The lowest BCUT2D eigenvalue weighted by Gasteiger charge is -2.27. The molecule has 27 heavy (non-hydrogen) atoms. The zero-order chi connectivity index (χ0) is 19.1. The number of nitrogens with two attached hydrogens (primary N) is 1. The second-order valence-corrected chi connectivity index (χ2v) is 5.96. The van der Waals surface area contributed by atoms with Crippen molar-refractivity contribution in [3.05, 3.63) is 69.6 Å². The average molecular weight is 366 g/mol. The minimum atomic E-state index is -0.755. The van der Waals surface area contributed by atoms with Crippen LogP contribution < -0.4 is 11.1 Å². The van der Waals surface area contributed by atoms with Crippen molar-refractivity contribution in [2.24, 2.45) is 5.73 Å². The summed E-state index contributed by atoms with van der Waals surface area (Å²) >= 11 is 0. The summed E-state index contributed by atoms with van der Waals surface area (Å²) in [5, 5.41) is 18.6. The van der Waals surface area contributed by atoms with Gasteiger partial charge in [-0.3, -0.25) is 14.9 Å². The molecule has 0 spiro atoms. The number of fused-ring (bicyclic) bond motifs is 1. The first-order valence-electron chi connectivity index (χ1n) is 7.98. The molecule has 0 bridgehead atoms. The van der Waals surface area contributed by atoms with E-state index in [0.717, 1.165) is 0 Å². The molecule has 0 fully saturated rings. The SMILES string of the molecule is CC1=C(C(N)=O)C(c2cccc([N+](=O)[O-])c2)n2nc(-c3ccco3)nc2N1. The van der Waals surface area contributed by atoms with Gasteiger partial charge in [-0.05, 0) is 24.6 Å². The van der Waals surface area contributed by atoms with E-state index in [1.165, 1.54) is 23.1 Å². The van der Waals surface area contributed by atoms with Crippen LogP contribution in [-0.2, 0) is 4.79 Å². The van der Waals surface area contributed by atoms with Gasteiger partial charge in [0, 0.05) is 17.8 Å². The van der Waals surface area contributed by atoms with Crippen LogP contribution in [0.4, 0.5) is 11.6 Å². The third kappa shape index (κ3) is 2.72. The molecule has 10 heteroatoms. The van der Waals surface area contributed by atoms with Crippen molar-refractivity contribution in [1.82, 2.24) is 14.8 Å². The highest BCUT2D eigenvalue weighted by molar-refractivity contribution is 5.95. The van der Waals surface area contributed by atoms with Crippen LogP contribution in [0.2, 0.25) is 0 Å². The number of anilines is 1. The summed E-state index contributed by atoms with van der Waals surface area (Å²) in [5.74, 6) is 0.490. The molecule has 3 aromatic rings. The fraction of sp³-hybridized carbons (Fsp3) is 0.118. The number of primary amides is 1. The highest BCUT2D eigenvalue weighted by Crippen LogP contribution is 2.36. The average Bonchev–Trinajstić information content (AvgIpc) is 3.29. The van der Waals surface area contributed by atoms with E-state index in [0.29, 0.717) is 28.8 Å². The van der Waals surface area contributed by atoms with Crippen molar-refractivity contribution >= 4 is 17.5 Å². The fourth-order valence-electron chi connectivity index (χ4n) is 3.10. The standard InChI is InChI=1S/C17H14N6O4/c1-9-13(15(18)24)14(10-4-2-5-11(8-10)23(25)26)22-17(19-9)20-16(21-22)12-6-3-7-27-12/h2-8,14H,1H3,(H2,18,24)(H,19,20,21). The molecule has 1 unspecified atom stereocenters. The minimum absolute atomic E-state index is 0.0968. The van der Waals surface area contributed by atoms with Gasteiger partial charge in [0.05, 0.1) is 16.8 Å². The lowest BCUT2D eigenvalue weighted by Crippen LogP contribution is -2.31. The van der Waals surface area contributed by atoms with E-state index in [2.05, 4.69) is 15.4 Å². The van der Waals surface area contributed by atoms with Gasteiger partial charge < -0.3 is 15.5 Å². The molecule has 1 atom stereocenters. The molecule has 1 aliphatic heterocycles. The van der Waals surface area contributed by atoms with Crippen LogP contribution in [0, 0.1) is 10.1 Å². The Balaban J connectivity index is 1.91. The second kappa shape index (κ2) is 6.09. The Labute approximate surface area is 152 Å². The molecule has 0 saturated heterocycles. The molecule has 1 amide bonds. The van der Waals surface area contributed by atoms with Crippen LogP contribution in [0.15, 0.2) is 58.3 Å². The van der Waals surface area contributed by atoms with E-state index >= 15 is 0 Å².